The first-order valence-electron chi connectivity index (χ1n) is 6.30. The molecule has 0 saturated carbocycles. The second-order valence-electron chi connectivity index (χ2n) is 5.06. The summed E-state index contributed by atoms with van der Waals surface area (Å²) in [5, 5.41) is 0. The molecule has 98 valence electrons. The summed E-state index contributed by atoms with van der Waals surface area (Å²) in [5.74, 6) is -0.222. The number of ether oxygens (including phenoxy) is 1. The standard InChI is InChI=1S/C17H18O2/c1-17(2,16(18)19-3)15-11-9-14(10-12-15)13-7-5-4-6-8-13/h4-12H,1-3H3. The maximum atomic E-state index is 11.8. The summed E-state index contributed by atoms with van der Waals surface area (Å²) in [4.78, 5) is 11.8. The fourth-order valence-corrected chi connectivity index (χ4v) is 2.08. The molecule has 0 atom stereocenters. The molecule has 0 aliphatic heterocycles. The zero-order chi connectivity index (χ0) is 13.9. The average Bonchev–Trinajstić information content (AvgIpc) is 2.47. The largest absolute Gasteiger partial charge is 0.468 e. The molecule has 0 aliphatic rings. The van der Waals surface area contributed by atoms with Crippen LogP contribution in [0.2, 0.25) is 0 Å². The molecule has 0 N–H and O–H groups in total. The molecule has 2 nitrogen and oxygen atoms in total. The van der Waals surface area contributed by atoms with Gasteiger partial charge in [-0.05, 0) is 30.5 Å². The predicted octanol–water partition coefficient (Wildman–Crippen LogP) is 3.80. The van der Waals surface area contributed by atoms with Gasteiger partial charge in [-0.1, -0.05) is 54.6 Å². The van der Waals surface area contributed by atoms with Crippen molar-refractivity contribution in [2.24, 2.45) is 0 Å². The van der Waals surface area contributed by atoms with Crippen LogP contribution in [0.3, 0.4) is 0 Å². The maximum Gasteiger partial charge on any atom is 0.315 e. The lowest BCUT2D eigenvalue weighted by molar-refractivity contribution is -0.146. The maximum absolute atomic E-state index is 11.8. The van der Waals surface area contributed by atoms with E-state index in [0.717, 1.165) is 11.1 Å². The van der Waals surface area contributed by atoms with Crippen LogP contribution in [0, 0.1) is 0 Å². The lowest BCUT2D eigenvalue weighted by atomic mass is 9.84. The van der Waals surface area contributed by atoms with Gasteiger partial charge in [0.15, 0.2) is 0 Å². The van der Waals surface area contributed by atoms with Gasteiger partial charge in [0.1, 0.15) is 0 Å². The minimum Gasteiger partial charge on any atom is -0.468 e. The number of esters is 1. The molecule has 0 bridgehead atoms. The number of hydrogen-bond donors (Lipinski definition) is 0. The monoisotopic (exact) mass is 254 g/mol. The van der Waals surface area contributed by atoms with Gasteiger partial charge in [0.25, 0.3) is 0 Å². The Hall–Kier alpha value is -2.09. The van der Waals surface area contributed by atoms with E-state index in [1.165, 1.54) is 12.7 Å². The van der Waals surface area contributed by atoms with Crippen molar-refractivity contribution >= 4 is 5.97 Å². The van der Waals surface area contributed by atoms with Gasteiger partial charge in [-0.15, -0.1) is 0 Å². The van der Waals surface area contributed by atoms with Gasteiger partial charge in [0, 0.05) is 0 Å². The lowest BCUT2D eigenvalue weighted by Crippen LogP contribution is -2.30. The van der Waals surface area contributed by atoms with E-state index in [4.69, 9.17) is 4.74 Å². The Morgan fingerprint density at radius 1 is 0.895 bits per heavy atom. The van der Waals surface area contributed by atoms with Crippen LogP contribution in [0.5, 0.6) is 0 Å². The molecule has 0 spiro atoms. The first-order valence-corrected chi connectivity index (χ1v) is 6.30. The smallest absolute Gasteiger partial charge is 0.315 e. The normalized spacial score (nSPS) is 11.1. The van der Waals surface area contributed by atoms with Crippen molar-refractivity contribution in [3.63, 3.8) is 0 Å². The van der Waals surface area contributed by atoms with Crippen LogP contribution in [0.25, 0.3) is 11.1 Å². The molecule has 19 heavy (non-hydrogen) atoms. The van der Waals surface area contributed by atoms with Crippen LogP contribution in [0.4, 0.5) is 0 Å². The Balaban J connectivity index is 2.31. The quantitative estimate of drug-likeness (QED) is 0.779. The summed E-state index contributed by atoms with van der Waals surface area (Å²) in [7, 11) is 1.42. The molecular weight excluding hydrogens is 236 g/mol. The van der Waals surface area contributed by atoms with Crippen molar-refractivity contribution in [2.75, 3.05) is 7.11 Å². The fourth-order valence-electron chi connectivity index (χ4n) is 2.08. The topological polar surface area (TPSA) is 26.3 Å². The molecule has 0 heterocycles. The molecule has 2 aromatic rings. The summed E-state index contributed by atoms with van der Waals surface area (Å²) in [6.45, 7) is 3.74. The van der Waals surface area contributed by atoms with Crippen LogP contribution in [0.1, 0.15) is 19.4 Å². The number of methoxy groups -OCH3 is 1. The van der Waals surface area contributed by atoms with Crippen LogP contribution < -0.4 is 0 Å². The first-order chi connectivity index (χ1) is 9.05. The lowest BCUT2D eigenvalue weighted by Gasteiger charge is -2.22. The van der Waals surface area contributed by atoms with Gasteiger partial charge >= 0.3 is 5.97 Å². The number of benzene rings is 2. The fraction of sp³-hybridized carbons (Fsp3) is 0.235. The van der Waals surface area contributed by atoms with Gasteiger partial charge in [-0.3, -0.25) is 4.79 Å². The number of hydrogen-bond acceptors (Lipinski definition) is 2. The predicted molar refractivity (Wildman–Crippen MR) is 76.9 cm³/mol. The van der Waals surface area contributed by atoms with E-state index >= 15 is 0 Å². The van der Waals surface area contributed by atoms with Gasteiger partial charge in [-0.25, -0.2) is 0 Å². The van der Waals surface area contributed by atoms with E-state index in [-0.39, 0.29) is 5.97 Å². The molecule has 0 unspecified atom stereocenters. The van der Waals surface area contributed by atoms with Crippen LogP contribution in [-0.2, 0) is 14.9 Å². The van der Waals surface area contributed by atoms with E-state index in [1.54, 1.807) is 0 Å². The van der Waals surface area contributed by atoms with E-state index in [0.29, 0.717) is 0 Å². The average molecular weight is 254 g/mol. The molecule has 0 amide bonds. The number of carbonyl (C=O) groups is 1. The summed E-state index contributed by atoms with van der Waals surface area (Å²) >= 11 is 0. The summed E-state index contributed by atoms with van der Waals surface area (Å²) in [6.07, 6.45) is 0. The first kappa shape index (κ1) is 13.3. The van der Waals surface area contributed by atoms with Gasteiger partial charge in [-0.2, -0.15) is 0 Å². The van der Waals surface area contributed by atoms with Crippen molar-refractivity contribution in [1.29, 1.82) is 0 Å². The third kappa shape index (κ3) is 2.68. The Morgan fingerprint density at radius 2 is 1.42 bits per heavy atom. The third-order valence-electron chi connectivity index (χ3n) is 3.41. The number of rotatable bonds is 3. The molecule has 0 aliphatic carbocycles. The second kappa shape index (κ2) is 5.27. The Kier molecular flexibility index (Phi) is 3.70. The summed E-state index contributed by atoms with van der Waals surface area (Å²) < 4.78 is 4.85. The van der Waals surface area contributed by atoms with Crippen molar-refractivity contribution < 1.29 is 9.53 Å². The van der Waals surface area contributed by atoms with Gasteiger partial charge in [0.2, 0.25) is 0 Å². The Bertz CT molecular complexity index is 554. The van der Waals surface area contributed by atoms with Crippen molar-refractivity contribution in [3.8, 4) is 11.1 Å². The molecule has 2 aromatic carbocycles. The number of carbonyl (C=O) groups excluding carboxylic acids is 1. The minimum atomic E-state index is -0.621. The molecule has 0 fully saturated rings. The van der Waals surface area contributed by atoms with E-state index in [9.17, 15) is 4.79 Å². The van der Waals surface area contributed by atoms with Crippen molar-refractivity contribution in [1.82, 2.24) is 0 Å². The summed E-state index contributed by atoms with van der Waals surface area (Å²) in [6, 6.07) is 18.2. The van der Waals surface area contributed by atoms with Gasteiger partial charge in [0.05, 0.1) is 12.5 Å². The molecule has 2 heteroatoms. The zero-order valence-corrected chi connectivity index (χ0v) is 11.5. The van der Waals surface area contributed by atoms with Gasteiger partial charge < -0.3 is 4.74 Å². The molecule has 0 aromatic heterocycles. The highest BCUT2D eigenvalue weighted by atomic mass is 16.5. The Morgan fingerprint density at radius 3 is 1.95 bits per heavy atom. The third-order valence-corrected chi connectivity index (χ3v) is 3.41. The van der Waals surface area contributed by atoms with E-state index in [1.807, 2.05) is 56.3 Å². The molecular formula is C17H18O2. The molecule has 2 rings (SSSR count). The van der Waals surface area contributed by atoms with Crippen LogP contribution in [0.15, 0.2) is 54.6 Å². The van der Waals surface area contributed by atoms with E-state index in [2.05, 4.69) is 12.1 Å². The second-order valence-corrected chi connectivity index (χ2v) is 5.06. The SMILES string of the molecule is COC(=O)C(C)(C)c1ccc(-c2ccccc2)cc1. The summed E-state index contributed by atoms with van der Waals surface area (Å²) in [5.41, 5.74) is 2.65. The van der Waals surface area contributed by atoms with E-state index < -0.39 is 5.41 Å². The minimum absolute atomic E-state index is 0.222. The zero-order valence-electron chi connectivity index (χ0n) is 11.5. The highest BCUT2D eigenvalue weighted by molar-refractivity contribution is 5.82. The highest BCUT2D eigenvalue weighted by Crippen LogP contribution is 2.27. The molecule has 0 saturated heterocycles. The highest BCUT2D eigenvalue weighted by Gasteiger charge is 2.30. The Labute approximate surface area is 114 Å². The van der Waals surface area contributed by atoms with Crippen LogP contribution in [-0.4, -0.2) is 13.1 Å². The van der Waals surface area contributed by atoms with Crippen molar-refractivity contribution in [2.45, 2.75) is 19.3 Å². The molecule has 0 radical (unpaired) electrons. The van der Waals surface area contributed by atoms with Crippen molar-refractivity contribution in [3.05, 3.63) is 60.2 Å². The van der Waals surface area contributed by atoms with Crippen LogP contribution >= 0.6 is 0 Å².